The lowest BCUT2D eigenvalue weighted by Gasteiger charge is -2.14. The van der Waals surface area contributed by atoms with Gasteiger partial charge in [0.1, 0.15) is 6.61 Å². The number of fused-ring (bicyclic) bond motifs is 1. The molecule has 36 heavy (non-hydrogen) atoms. The molecule has 0 radical (unpaired) electrons. The Hall–Kier alpha value is -3.26. The average molecular weight is 587 g/mol. The molecule has 2 N–H and O–H groups in total. The second-order valence-corrected chi connectivity index (χ2v) is 9.43. The Morgan fingerprint density at radius 3 is 2.67 bits per heavy atom. The van der Waals surface area contributed by atoms with E-state index in [2.05, 4.69) is 31.8 Å². The molecule has 0 saturated carbocycles. The van der Waals surface area contributed by atoms with Crippen LogP contribution in [0.3, 0.4) is 0 Å². The summed E-state index contributed by atoms with van der Waals surface area (Å²) in [5, 5.41) is 10.5. The summed E-state index contributed by atoms with van der Waals surface area (Å²) in [5.41, 5.74) is 4.92. The van der Waals surface area contributed by atoms with Gasteiger partial charge in [0.2, 0.25) is 0 Å². The van der Waals surface area contributed by atoms with E-state index >= 15 is 0 Å². The van der Waals surface area contributed by atoms with Crippen molar-refractivity contribution in [3.05, 3.63) is 98.4 Å². The zero-order valence-corrected chi connectivity index (χ0v) is 22.3. The van der Waals surface area contributed by atoms with Crippen molar-refractivity contribution in [3.63, 3.8) is 0 Å². The molecule has 4 aromatic carbocycles. The van der Waals surface area contributed by atoms with E-state index in [0.717, 1.165) is 22.0 Å². The number of methoxy groups -OCH3 is 1. The van der Waals surface area contributed by atoms with E-state index in [9.17, 15) is 4.79 Å². The van der Waals surface area contributed by atoms with Crippen LogP contribution in [0, 0.1) is 0 Å². The number of rotatable bonds is 9. The molecule has 184 valence electrons. The Morgan fingerprint density at radius 2 is 1.86 bits per heavy atom. The third-order valence-electron chi connectivity index (χ3n) is 5.27. The topological polar surface area (TPSA) is 72.0 Å². The van der Waals surface area contributed by atoms with E-state index in [1.54, 1.807) is 25.3 Å². The normalized spacial score (nSPS) is 11.0. The highest BCUT2D eigenvalue weighted by atomic mass is 79.9. The molecule has 0 fully saturated rings. The minimum absolute atomic E-state index is 0.0817. The van der Waals surface area contributed by atoms with Crippen LogP contribution in [0.2, 0.25) is 10.0 Å². The van der Waals surface area contributed by atoms with Gasteiger partial charge in [0.15, 0.2) is 11.5 Å². The summed E-state index contributed by atoms with van der Waals surface area (Å²) in [6, 6.07) is 22.7. The number of anilines is 1. The summed E-state index contributed by atoms with van der Waals surface area (Å²) >= 11 is 15.7. The number of hydrazone groups is 1. The van der Waals surface area contributed by atoms with Gasteiger partial charge in [-0.2, -0.15) is 5.10 Å². The van der Waals surface area contributed by atoms with E-state index in [-0.39, 0.29) is 19.1 Å². The van der Waals surface area contributed by atoms with Gasteiger partial charge in [0.25, 0.3) is 5.91 Å². The summed E-state index contributed by atoms with van der Waals surface area (Å²) < 4.78 is 12.1. The van der Waals surface area contributed by atoms with Gasteiger partial charge in [-0.1, -0.05) is 65.7 Å². The van der Waals surface area contributed by atoms with Crippen molar-refractivity contribution < 1.29 is 14.3 Å². The molecular weight excluding hydrogens is 565 g/mol. The Labute approximate surface area is 227 Å². The Bertz CT molecular complexity index is 1420. The van der Waals surface area contributed by atoms with E-state index in [1.807, 2.05) is 54.6 Å². The third-order valence-corrected chi connectivity index (χ3v) is 6.45. The zero-order chi connectivity index (χ0) is 25.5. The van der Waals surface area contributed by atoms with E-state index in [4.69, 9.17) is 32.7 Å². The van der Waals surface area contributed by atoms with Gasteiger partial charge in [0.05, 0.1) is 24.3 Å². The van der Waals surface area contributed by atoms with E-state index in [1.165, 1.54) is 6.21 Å². The second-order valence-electron chi connectivity index (χ2n) is 7.73. The molecule has 0 aliphatic heterocycles. The van der Waals surface area contributed by atoms with Crippen LogP contribution < -0.4 is 20.2 Å². The largest absolute Gasteiger partial charge is 0.493 e. The SMILES string of the molecule is COc1cc(/C=N\NC(=O)CNc2cccc3ccccc23)cc(Br)c1OCc1ccc(Cl)cc1Cl. The fourth-order valence-corrected chi connectivity index (χ4v) is 4.55. The van der Waals surface area contributed by atoms with Crippen LogP contribution in [0.1, 0.15) is 11.1 Å². The predicted octanol–water partition coefficient (Wildman–Crippen LogP) is 7.06. The lowest BCUT2D eigenvalue weighted by molar-refractivity contribution is -0.119. The Balaban J connectivity index is 1.36. The molecule has 0 spiro atoms. The highest BCUT2D eigenvalue weighted by Gasteiger charge is 2.13. The number of benzene rings is 4. The van der Waals surface area contributed by atoms with Crippen LogP contribution in [-0.4, -0.2) is 25.8 Å². The maximum absolute atomic E-state index is 12.3. The Kier molecular flexibility index (Phi) is 8.70. The first-order chi connectivity index (χ1) is 17.4. The first-order valence-electron chi connectivity index (χ1n) is 10.9. The minimum atomic E-state index is -0.273. The van der Waals surface area contributed by atoms with Gasteiger partial charge in [-0.3, -0.25) is 4.79 Å². The lowest BCUT2D eigenvalue weighted by atomic mass is 10.1. The van der Waals surface area contributed by atoms with Crippen LogP contribution in [0.25, 0.3) is 10.8 Å². The number of nitrogens with zero attached hydrogens (tertiary/aromatic N) is 1. The number of nitrogens with one attached hydrogen (secondary N) is 2. The number of ether oxygens (including phenoxy) is 2. The van der Waals surface area contributed by atoms with Gasteiger partial charge < -0.3 is 14.8 Å². The molecule has 1 amide bonds. The maximum Gasteiger partial charge on any atom is 0.259 e. The standard InChI is InChI=1S/C27H22BrCl2N3O3/c1-35-25-12-17(11-22(28)27(25)36-16-19-9-10-20(29)13-23(19)30)14-32-33-26(34)15-31-24-8-4-6-18-5-2-3-7-21(18)24/h2-14,31H,15-16H2,1H3,(H,33,34)/b32-14-. The quantitative estimate of drug-likeness (QED) is 0.163. The van der Waals surface area contributed by atoms with Crippen molar-refractivity contribution in [3.8, 4) is 11.5 Å². The fourth-order valence-electron chi connectivity index (χ4n) is 3.52. The number of hydrogen-bond donors (Lipinski definition) is 2. The van der Waals surface area contributed by atoms with Crippen molar-refractivity contribution in [2.45, 2.75) is 6.61 Å². The van der Waals surface area contributed by atoms with Crippen LogP contribution in [0.4, 0.5) is 5.69 Å². The highest BCUT2D eigenvalue weighted by molar-refractivity contribution is 9.10. The summed E-state index contributed by atoms with van der Waals surface area (Å²) in [6.07, 6.45) is 1.53. The van der Waals surface area contributed by atoms with Gasteiger partial charge >= 0.3 is 0 Å². The van der Waals surface area contributed by atoms with Gasteiger partial charge in [0, 0.05) is 26.7 Å². The molecule has 4 rings (SSSR count). The van der Waals surface area contributed by atoms with Crippen molar-refractivity contribution in [2.75, 3.05) is 19.0 Å². The van der Waals surface area contributed by atoms with E-state index in [0.29, 0.717) is 31.6 Å². The number of carbonyl (C=O) groups is 1. The second kappa shape index (κ2) is 12.1. The molecule has 6 nitrogen and oxygen atoms in total. The molecule has 0 heterocycles. The average Bonchev–Trinajstić information content (AvgIpc) is 2.87. The van der Waals surface area contributed by atoms with Crippen molar-refractivity contribution >= 4 is 67.7 Å². The number of amides is 1. The first kappa shape index (κ1) is 25.8. The third kappa shape index (κ3) is 6.49. The highest BCUT2D eigenvalue weighted by Crippen LogP contribution is 2.37. The van der Waals surface area contributed by atoms with E-state index < -0.39 is 0 Å². The van der Waals surface area contributed by atoms with Crippen molar-refractivity contribution in [2.24, 2.45) is 5.10 Å². The molecular formula is C27H22BrCl2N3O3. The predicted molar refractivity (Wildman–Crippen MR) is 150 cm³/mol. The molecule has 4 aromatic rings. The molecule has 0 atom stereocenters. The molecule has 0 unspecified atom stereocenters. The molecule has 0 saturated heterocycles. The number of halogens is 3. The lowest BCUT2D eigenvalue weighted by Crippen LogP contribution is -2.25. The first-order valence-corrected chi connectivity index (χ1v) is 12.5. The summed E-state index contributed by atoms with van der Waals surface area (Å²) in [5.74, 6) is 0.744. The number of carbonyl (C=O) groups excluding carboxylic acids is 1. The molecule has 0 bridgehead atoms. The zero-order valence-electron chi connectivity index (χ0n) is 19.2. The molecule has 9 heteroatoms. The maximum atomic E-state index is 12.3. The number of hydrogen-bond acceptors (Lipinski definition) is 5. The van der Waals surface area contributed by atoms with Crippen LogP contribution in [0.5, 0.6) is 11.5 Å². The van der Waals surface area contributed by atoms with Gasteiger partial charge in [-0.15, -0.1) is 0 Å². The summed E-state index contributed by atoms with van der Waals surface area (Å²) in [7, 11) is 1.55. The monoisotopic (exact) mass is 585 g/mol. The van der Waals surface area contributed by atoms with Gasteiger partial charge in [-0.25, -0.2) is 5.43 Å². The Morgan fingerprint density at radius 1 is 1.06 bits per heavy atom. The van der Waals surface area contributed by atoms with Crippen LogP contribution in [-0.2, 0) is 11.4 Å². The van der Waals surface area contributed by atoms with Crippen molar-refractivity contribution in [1.82, 2.24) is 5.43 Å². The minimum Gasteiger partial charge on any atom is -0.493 e. The summed E-state index contributed by atoms with van der Waals surface area (Å²) in [4.78, 5) is 12.3. The van der Waals surface area contributed by atoms with Crippen LogP contribution in [0.15, 0.2) is 82.4 Å². The fraction of sp³-hybridized carbons (Fsp3) is 0.111. The molecule has 0 aliphatic rings. The summed E-state index contributed by atoms with van der Waals surface area (Å²) in [6.45, 7) is 0.316. The molecule has 0 aromatic heterocycles. The molecule has 0 aliphatic carbocycles. The van der Waals surface area contributed by atoms with Crippen LogP contribution >= 0.6 is 39.1 Å². The van der Waals surface area contributed by atoms with Gasteiger partial charge in [-0.05, 0) is 57.2 Å². The smallest absolute Gasteiger partial charge is 0.259 e. The van der Waals surface area contributed by atoms with Crippen molar-refractivity contribution in [1.29, 1.82) is 0 Å².